The van der Waals surface area contributed by atoms with Gasteiger partial charge in [0.25, 0.3) is 0 Å². The third-order valence-electron chi connectivity index (χ3n) is 5.06. The van der Waals surface area contributed by atoms with Crippen molar-refractivity contribution in [1.82, 2.24) is 10.5 Å². The lowest BCUT2D eigenvalue weighted by Gasteiger charge is -2.19. The maximum atomic E-state index is 12.3. The molecule has 148 valence electrons. The normalized spacial score (nSPS) is 16.8. The summed E-state index contributed by atoms with van der Waals surface area (Å²) in [5.74, 6) is -1.34. The van der Waals surface area contributed by atoms with Crippen molar-refractivity contribution in [2.45, 2.75) is 38.0 Å². The van der Waals surface area contributed by atoms with Gasteiger partial charge in [-0.15, -0.1) is 0 Å². The molecule has 0 saturated carbocycles. The first-order valence-electron chi connectivity index (χ1n) is 9.46. The van der Waals surface area contributed by atoms with E-state index in [-0.39, 0.29) is 30.6 Å². The summed E-state index contributed by atoms with van der Waals surface area (Å²) in [6.45, 7) is 0. The summed E-state index contributed by atoms with van der Waals surface area (Å²) in [6, 6.07) is 9.11. The van der Waals surface area contributed by atoms with E-state index in [1.807, 2.05) is 18.2 Å². The van der Waals surface area contributed by atoms with Crippen LogP contribution in [0.15, 0.2) is 34.9 Å². The molecule has 1 unspecified atom stereocenters. The smallest absolute Gasteiger partial charge is 0.235 e. The van der Waals surface area contributed by atoms with Crippen molar-refractivity contribution in [3.05, 3.63) is 36.0 Å². The van der Waals surface area contributed by atoms with Gasteiger partial charge in [0.05, 0.1) is 11.3 Å². The molecule has 1 aromatic heterocycles. The summed E-state index contributed by atoms with van der Waals surface area (Å²) in [5, 5.41) is 11.7. The minimum absolute atomic E-state index is 0.151. The summed E-state index contributed by atoms with van der Waals surface area (Å²) in [5.41, 5.74) is 1.72. The Bertz CT molecular complexity index is 1130. The van der Waals surface area contributed by atoms with Crippen LogP contribution >= 0.6 is 0 Å². The lowest BCUT2D eigenvalue weighted by molar-refractivity contribution is -0.134. The molecule has 1 fully saturated rings. The minimum Gasteiger partial charge on any atom is -0.356 e. The molecule has 3 amide bonds. The molecular formula is C21H19N3O5. The second-order valence-corrected chi connectivity index (χ2v) is 7.05. The number of unbranched alkanes of at least 4 members (excludes halogenated alkanes) is 1. The molecule has 2 heterocycles. The highest BCUT2D eigenvalue weighted by Crippen LogP contribution is 2.35. The molecule has 1 saturated heterocycles. The van der Waals surface area contributed by atoms with E-state index in [9.17, 15) is 19.2 Å². The third-order valence-corrected chi connectivity index (χ3v) is 5.06. The Morgan fingerprint density at radius 1 is 1.28 bits per heavy atom. The van der Waals surface area contributed by atoms with E-state index in [1.54, 1.807) is 12.1 Å². The third kappa shape index (κ3) is 3.73. The van der Waals surface area contributed by atoms with Crippen molar-refractivity contribution in [1.29, 1.82) is 0 Å². The second-order valence-electron chi connectivity index (χ2n) is 7.05. The van der Waals surface area contributed by atoms with Gasteiger partial charge in [-0.25, -0.2) is 0 Å². The molecule has 0 bridgehead atoms. The van der Waals surface area contributed by atoms with E-state index in [1.165, 1.54) is 0 Å². The van der Waals surface area contributed by atoms with Gasteiger partial charge in [-0.2, -0.15) is 0 Å². The van der Waals surface area contributed by atoms with Crippen LogP contribution in [0.25, 0.3) is 21.7 Å². The molecule has 29 heavy (non-hydrogen) atoms. The molecule has 8 heteroatoms. The van der Waals surface area contributed by atoms with Crippen LogP contribution in [0.1, 0.15) is 43.7 Å². The maximum absolute atomic E-state index is 12.3. The van der Waals surface area contributed by atoms with E-state index in [4.69, 9.17) is 4.52 Å². The van der Waals surface area contributed by atoms with Gasteiger partial charge >= 0.3 is 0 Å². The van der Waals surface area contributed by atoms with Gasteiger partial charge in [0.2, 0.25) is 17.7 Å². The largest absolute Gasteiger partial charge is 0.356 e. The number of piperidine rings is 1. The molecule has 3 aromatic rings. The molecule has 1 aliphatic heterocycles. The highest BCUT2D eigenvalue weighted by atomic mass is 16.5. The van der Waals surface area contributed by atoms with Gasteiger partial charge in [0.1, 0.15) is 12.0 Å². The number of carbonyl (C=O) groups is 4. The topological polar surface area (TPSA) is 118 Å². The Hall–Kier alpha value is -3.55. The number of nitrogens with one attached hydrogen (secondary N) is 2. The average Bonchev–Trinajstić information content (AvgIpc) is 3.12. The molecule has 2 aromatic carbocycles. The zero-order valence-corrected chi connectivity index (χ0v) is 15.6. The molecule has 2 N–H and O–H groups in total. The van der Waals surface area contributed by atoms with Crippen molar-refractivity contribution in [2.75, 3.05) is 5.32 Å². The number of hydrogen-bond acceptors (Lipinski definition) is 6. The van der Waals surface area contributed by atoms with Crippen LogP contribution < -0.4 is 10.6 Å². The summed E-state index contributed by atoms with van der Waals surface area (Å²) < 4.78 is 5.42. The number of rotatable bonds is 6. The number of aromatic nitrogens is 1. The highest BCUT2D eigenvalue weighted by Gasteiger charge is 2.32. The number of benzene rings is 2. The quantitative estimate of drug-likeness (QED) is 0.378. The monoisotopic (exact) mass is 393 g/mol. The van der Waals surface area contributed by atoms with E-state index in [0.717, 1.165) is 22.4 Å². The molecule has 0 spiro atoms. The van der Waals surface area contributed by atoms with Crippen molar-refractivity contribution in [3.63, 3.8) is 0 Å². The fraction of sp³-hybridized carbons (Fsp3) is 0.286. The van der Waals surface area contributed by atoms with Crippen molar-refractivity contribution >= 4 is 51.4 Å². The molecular weight excluding hydrogens is 374 g/mol. The number of aldehydes is 1. The van der Waals surface area contributed by atoms with Gasteiger partial charge in [-0.05, 0) is 41.8 Å². The van der Waals surface area contributed by atoms with Crippen molar-refractivity contribution < 1.29 is 23.7 Å². The van der Waals surface area contributed by atoms with Gasteiger partial charge in [-0.1, -0.05) is 17.3 Å². The maximum Gasteiger partial charge on any atom is 0.235 e. The van der Waals surface area contributed by atoms with Crippen molar-refractivity contribution in [3.8, 4) is 0 Å². The zero-order chi connectivity index (χ0) is 20.4. The van der Waals surface area contributed by atoms with Gasteiger partial charge in [0.15, 0.2) is 5.58 Å². The highest BCUT2D eigenvalue weighted by molar-refractivity contribution is 6.11. The van der Waals surface area contributed by atoms with Crippen LogP contribution in [0.5, 0.6) is 0 Å². The standard InChI is InChI=1S/C21H19N3O5/c25-10-2-1-3-17(26)22-13-5-6-14-12(11-13)4-8-16-19(14)20(24-29-16)15-7-9-18(27)23-21(15)28/h4-6,8,10-11,15H,1-3,7,9H2,(H,22,26)(H,23,27,28). The Labute approximate surface area is 165 Å². The molecule has 0 aliphatic carbocycles. The number of carbonyl (C=O) groups excluding carboxylic acids is 4. The number of fused-ring (bicyclic) bond motifs is 3. The number of imide groups is 1. The number of anilines is 1. The molecule has 4 rings (SSSR count). The number of nitrogens with zero attached hydrogens (tertiary/aromatic N) is 1. The lowest BCUT2D eigenvalue weighted by atomic mass is 9.91. The van der Waals surface area contributed by atoms with Crippen LogP contribution in [0.4, 0.5) is 5.69 Å². The van der Waals surface area contributed by atoms with Gasteiger partial charge < -0.3 is 14.6 Å². The minimum atomic E-state index is -0.545. The summed E-state index contributed by atoms with van der Waals surface area (Å²) in [7, 11) is 0. The average molecular weight is 393 g/mol. The predicted molar refractivity (Wildman–Crippen MR) is 105 cm³/mol. The Kier molecular flexibility index (Phi) is 5.07. The Morgan fingerprint density at radius 2 is 2.14 bits per heavy atom. The first-order valence-corrected chi connectivity index (χ1v) is 9.46. The van der Waals surface area contributed by atoms with Crippen LogP contribution in [-0.2, 0) is 19.2 Å². The molecule has 0 radical (unpaired) electrons. The van der Waals surface area contributed by atoms with Gasteiger partial charge in [-0.3, -0.25) is 19.7 Å². The van der Waals surface area contributed by atoms with Crippen molar-refractivity contribution in [2.24, 2.45) is 0 Å². The second kappa shape index (κ2) is 7.83. The fourth-order valence-electron chi connectivity index (χ4n) is 3.63. The van der Waals surface area contributed by atoms with E-state index < -0.39 is 5.92 Å². The first kappa shape index (κ1) is 18.8. The van der Waals surface area contributed by atoms with E-state index in [2.05, 4.69) is 15.8 Å². The van der Waals surface area contributed by atoms with Crippen LogP contribution in [0.3, 0.4) is 0 Å². The summed E-state index contributed by atoms with van der Waals surface area (Å²) >= 11 is 0. The van der Waals surface area contributed by atoms with Crippen LogP contribution in [0.2, 0.25) is 0 Å². The number of amides is 3. The Balaban J connectivity index is 1.66. The number of hydrogen-bond donors (Lipinski definition) is 2. The summed E-state index contributed by atoms with van der Waals surface area (Å²) in [6.07, 6.45) is 2.60. The SMILES string of the molecule is O=CCCCC(=O)Nc1ccc2c(ccc3onc(C4CCC(=O)NC4=O)c32)c1. The zero-order valence-electron chi connectivity index (χ0n) is 15.6. The fourth-order valence-corrected chi connectivity index (χ4v) is 3.63. The van der Waals surface area contributed by atoms with E-state index >= 15 is 0 Å². The first-order chi connectivity index (χ1) is 14.1. The Morgan fingerprint density at radius 3 is 2.93 bits per heavy atom. The summed E-state index contributed by atoms with van der Waals surface area (Å²) in [4.78, 5) is 46.1. The van der Waals surface area contributed by atoms with Crippen LogP contribution in [-0.4, -0.2) is 29.2 Å². The van der Waals surface area contributed by atoms with E-state index in [0.29, 0.717) is 36.2 Å². The van der Waals surface area contributed by atoms with Crippen LogP contribution in [0, 0.1) is 0 Å². The molecule has 1 atom stereocenters. The molecule has 1 aliphatic rings. The van der Waals surface area contributed by atoms with Gasteiger partial charge in [0, 0.05) is 24.9 Å². The predicted octanol–water partition coefficient (Wildman–Crippen LogP) is 2.81. The lowest BCUT2D eigenvalue weighted by Crippen LogP contribution is -2.39. The molecule has 8 nitrogen and oxygen atoms in total.